The monoisotopic (exact) mass is 380 g/mol. The normalized spacial score (nSPS) is 12.5. The van der Waals surface area contributed by atoms with Gasteiger partial charge in [-0.15, -0.1) is 15.0 Å². The number of nitrogens with zero attached hydrogens (tertiary/aromatic N) is 5. The minimum Gasteiger partial charge on any atom is -0.488 e. The number of benzene rings is 2. The molecule has 0 saturated heterocycles. The average Bonchev–Trinajstić information content (AvgIpc) is 3.09. The van der Waals surface area contributed by atoms with E-state index < -0.39 is 5.82 Å². The molecule has 2 aromatic heterocycles. The molecule has 4 rings (SSSR count). The van der Waals surface area contributed by atoms with Gasteiger partial charge in [-0.05, 0) is 38.0 Å². The van der Waals surface area contributed by atoms with Gasteiger partial charge in [-0.25, -0.2) is 14.4 Å². The first kappa shape index (κ1) is 18.1. The summed E-state index contributed by atoms with van der Waals surface area (Å²) in [6.07, 6.45) is 2.36. The Morgan fingerprint density at radius 3 is 2.61 bits per heavy atom. The lowest BCUT2D eigenvalue weighted by Gasteiger charge is -2.12. The van der Waals surface area contributed by atoms with E-state index in [1.807, 2.05) is 32.9 Å². The second-order valence-electron chi connectivity index (χ2n) is 6.75. The van der Waals surface area contributed by atoms with Crippen molar-refractivity contribution >= 4 is 27.9 Å². The fourth-order valence-electron chi connectivity index (χ4n) is 2.93. The van der Waals surface area contributed by atoms with E-state index in [4.69, 9.17) is 4.74 Å². The van der Waals surface area contributed by atoms with Gasteiger partial charge in [-0.2, -0.15) is 0 Å². The molecule has 2 heterocycles. The standard InChI is InChI=1S/C20H21FN6O/c1-5-12(3)28-18-9-15-14(8-13(18)21)25-27(26-15)17-7-11(2)6-16-20(17)23-10-19(22-4)24-16/h6-10,12H,5H2,1-4H3,(H,22,24)/t12-/m0/s1. The first-order valence-corrected chi connectivity index (χ1v) is 9.17. The van der Waals surface area contributed by atoms with E-state index in [-0.39, 0.29) is 11.9 Å². The number of anilines is 1. The maximum absolute atomic E-state index is 14.4. The molecule has 0 fully saturated rings. The Kier molecular flexibility index (Phi) is 4.54. The zero-order valence-electron chi connectivity index (χ0n) is 16.2. The number of hydrogen-bond donors (Lipinski definition) is 1. The van der Waals surface area contributed by atoms with E-state index in [9.17, 15) is 4.39 Å². The fraction of sp³-hybridized carbons (Fsp3) is 0.300. The number of ether oxygens (including phenoxy) is 1. The summed E-state index contributed by atoms with van der Waals surface area (Å²) in [5.41, 5.74) is 4.08. The predicted octanol–water partition coefficient (Wildman–Crippen LogP) is 4.03. The molecule has 8 heteroatoms. The van der Waals surface area contributed by atoms with Crippen molar-refractivity contribution in [3.63, 3.8) is 0 Å². The van der Waals surface area contributed by atoms with Gasteiger partial charge in [0.2, 0.25) is 0 Å². The quantitative estimate of drug-likeness (QED) is 0.563. The summed E-state index contributed by atoms with van der Waals surface area (Å²) in [7, 11) is 1.79. The summed E-state index contributed by atoms with van der Waals surface area (Å²) < 4.78 is 20.0. The second kappa shape index (κ2) is 7.03. The zero-order valence-corrected chi connectivity index (χ0v) is 16.2. The Bertz CT molecular complexity index is 1170. The molecule has 0 amide bonds. The number of aryl methyl sites for hydroxylation is 1. The molecular weight excluding hydrogens is 359 g/mol. The predicted molar refractivity (Wildman–Crippen MR) is 107 cm³/mol. The Morgan fingerprint density at radius 1 is 1.14 bits per heavy atom. The molecule has 0 aliphatic heterocycles. The van der Waals surface area contributed by atoms with Crippen molar-refractivity contribution in [3.05, 3.63) is 41.8 Å². The molecule has 28 heavy (non-hydrogen) atoms. The molecule has 7 nitrogen and oxygen atoms in total. The second-order valence-corrected chi connectivity index (χ2v) is 6.75. The molecule has 0 bridgehead atoms. The highest BCUT2D eigenvalue weighted by Gasteiger charge is 2.15. The van der Waals surface area contributed by atoms with Crippen LogP contribution in [0, 0.1) is 12.7 Å². The number of rotatable bonds is 5. The molecule has 0 spiro atoms. The zero-order chi connectivity index (χ0) is 19.8. The van der Waals surface area contributed by atoms with E-state index in [0.29, 0.717) is 28.1 Å². The van der Waals surface area contributed by atoms with E-state index in [1.165, 1.54) is 10.9 Å². The van der Waals surface area contributed by atoms with Gasteiger partial charge in [0.05, 0.1) is 17.8 Å². The maximum atomic E-state index is 14.4. The highest BCUT2D eigenvalue weighted by Crippen LogP contribution is 2.27. The van der Waals surface area contributed by atoms with Crippen LogP contribution in [0.1, 0.15) is 25.8 Å². The number of fused-ring (bicyclic) bond motifs is 2. The van der Waals surface area contributed by atoms with Crippen molar-refractivity contribution in [2.45, 2.75) is 33.3 Å². The highest BCUT2D eigenvalue weighted by molar-refractivity contribution is 5.85. The third-order valence-electron chi connectivity index (χ3n) is 4.58. The number of nitrogens with one attached hydrogen (secondary N) is 1. The van der Waals surface area contributed by atoms with Crippen LogP contribution < -0.4 is 10.1 Å². The summed E-state index contributed by atoms with van der Waals surface area (Å²) in [5, 5.41) is 12.0. The van der Waals surface area contributed by atoms with Gasteiger partial charge in [0.1, 0.15) is 28.1 Å². The van der Waals surface area contributed by atoms with Crippen molar-refractivity contribution in [1.29, 1.82) is 0 Å². The molecule has 1 N–H and O–H groups in total. The number of hydrogen-bond acceptors (Lipinski definition) is 6. The van der Waals surface area contributed by atoms with E-state index in [1.54, 1.807) is 19.3 Å². The van der Waals surface area contributed by atoms with E-state index >= 15 is 0 Å². The summed E-state index contributed by atoms with van der Waals surface area (Å²) >= 11 is 0. The lowest BCUT2D eigenvalue weighted by atomic mass is 10.2. The molecule has 0 aliphatic carbocycles. The van der Waals surface area contributed by atoms with Gasteiger partial charge in [0.25, 0.3) is 0 Å². The minimum absolute atomic E-state index is 0.0839. The van der Waals surface area contributed by atoms with Crippen molar-refractivity contribution in [2.24, 2.45) is 0 Å². The first-order valence-electron chi connectivity index (χ1n) is 9.17. The first-order chi connectivity index (χ1) is 13.5. The number of halogens is 1. The molecule has 0 saturated carbocycles. The van der Waals surface area contributed by atoms with Crippen LogP contribution in [0.2, 0.25) is 0 Å². The Morgan fingerprint density at radius 2 is 1.89 bits per heavy atom. The highest BCUT2D eigenvalue weighted by atomic mass is 19.1. The molecule has 0 aliphatic rings. The van der Waals surface area contributed by atoms with Crippen LogP contribution in [-0.2, 0) is 0 Å². The van der Waals surface area contributed by atoms with Gasteiger partial charge in [0.15, 0.2) is 11.6 Å². The third kappa shape index (κ3) is 3.21. The fourth-order valence-corrected chi connectivity index (χ4v) is 2.93. The molecule has 4 aromatic rings. The van der Waals surface area contributed by atoms with E-state index in [2.05, 4.69) is 25.5 Å². The van der Waals surface area contributed by atoms with Crippen molar-refractivity contribution in [3.8, 4) is 11.4 Å². The van der Waals surface area contributed by atoms with E-state index in [0.717, 1.165) is 17.5 Å². The SMILES string of the molecule is CC[C@H](C)Oc1cc2nn(-c3cc(C)cc4nc(NC)cnc34)nc2cc1F. The lowest BCUT2D eigenvalue weighted by Crippen LogP contribution is -2.10. The van der Waals surface area contributed by atoms with Crippen LogP contribution in [-0.4, -0.2) is 38.1 Å². The summed E-state index contributed by atoms with van der Waals surface area (Å²) in [6, 6.07) is 6.82. The van der Waals surface area contributed by atoms with Crippen LogP contribution in [0.4, 0.5) is 10.2 Å². The van der Waals surface area contributed by atoms with Crippen LogP contribution in [0.3, 0.4) is 0 Å². The smallest absolute Gasteiger partial charge is 0.167 e. The Balaban J connectivity index is 1.85. The molecule has 0 radical (unpaired) electrons. The van der Waals surface area contributed by atoms with Crippen LogP contribution >= 0.6 is 0 Å². The molecule has 2 aromatic carbocycles. The lowest BCUT2D eigenvalue weighted by molar-refractivity contribution is 0.208. The molecule has 0 unspecified atom stereocenters. The summed E-state index contributed by atoms with van der Waals surface area (Å²) in [5.74, 6) is 0.408. The van der Waals surface area contributed by atoms with Gasteiger partial charge >= 0.3 is 0 Å². The Labute approximate surface area is 161 Å². The van der Waals surface area contributed by atoms with Gasteiger partial charge in [-0.3, -0.25) is 0 Å². The van der Waals surface area contributed by atoms with Crippen LogP contribution in [0.25, 0.3) is 27.8 Å². The Hall–Kier alpha value is -3.29. The topological polar surface area (TPSA) is 77.8 Å². The van der Waals surface area contributed by atoms with Gasteiger partial charge < -0.3 is 10.1 Å². The molecular formula is C20H21FN6O. The largest absolute Gasteiger partial charge is 0.488 e. The van der Waals surface area contributed by atoms with Gasteiger partial charge in [-0.1, -0.05) is 6.92 Å². The molecule has 144 valence electrons. The van der Waals surface area contributed by atoms with Crippen LogP contribution in [0.5, 0.6) is 5.75 Å². The average molecular weight is 380 g/mol. The number of aromatic nitrogens is 5. The van der Waals surface area contributed by atoms with Crippen LogP contribution in [0.15, 0.2) is 30.5 Å². The molecule has 1 atom stereocenters. The maximum Gasteiger partial charge on any atom is 0.167 e. The van der Waals surface area contributed by atoms with Crippen molar-refractivity contribution in [1.82, 2.24) is 25.0 Å². The van der Waals surface area contributed by atoms with Crippen molar-refractivity contribution < 1.29 is 9.13 Å². The summed E-state index contributed by atoms with van der Waals surface area (Å²) in [6.45, 7) is 5.86. The summed E-state index contributed by atoms with van der Waals surface area (Å²) in [4.78, 5) is 10.5. The minimum atomic E-state index is -0.451. The van der Waals surface area contributed by atoms with Crippen molar-refractivity contribution in [2.75, 3.05) is 12.4 Å². The third-order valence-corrected chi connectivity index (χ3v) is 4.58. The van der Waals surface area contributed by atoms with Gasteiger partial charge in [0, 0.05) is 19.2 Å².